The summed E-state index contributed by atoms with van der Waals surface area (Å²) in [6, 6.07) is 0. The van der Waals surface area contributed by atoms with Gasteiger partial charge in [-0.2, -0.15) is 0 Å². The van der Waals surface area contributed by atoms with E-state index in [0.717, 1.165) is 6.42 Å². The molecule has 0 bridgehead atoms. The van der Waals surface area contributed by atoms with Crippen LogP contribution in [-0.2, 0) is 0 Å². The molecule has 0 saturated heterocycles. The molecule has 0 aromatic rings. The average Bonchev–Trinajstić information content (AvgIpc) is 2.04. The fourth-order valence-corrected chi connectivity index (χ4v) is 0.788. The van der Waals surface area contributed by atoms with Gasteiger partial charge in [0.05, 0.1) is 6.54 Å². The van der Waals surface area contributed by atoms with Crippen LogP contribution in [0.2, 0.25) is 0 Å². The van der Waals surface area contributed by atoms with E-state index in [1.165, 1.54) is 11.9 Å². The number of nitrogens with two attached hydrogens (primary N) is 1. The summed E-state index contributed by atoms with van der Waals surface area (Å²) in [5.41, 5.74) is 2.28. The van der Waals surface area contributed by atoms with Crippen molar-refractivity contribution in [3.05, 3.63) is 0 Å². The van der Waals surface area contributed by atoms with Crippen molar-refractivity contribution in [2.75, 3.05) is 20.1 Å². The van der Waals surface area contributed by atoms with Crippen molar-refractivity contribution in [1.29, 1.82) is 0 Å². The summed E-state index contributed by atoms with van der Waals surface area (Å²) in [5.74, 6) is 5.42. The van der Waals surface area contributed by atoms with Crippen molar-refractivity contribution >= 4 is 5.96 Å². The van der Waals surface area contributed by atoms with E-state index in [1.54, 1.807) is 0 Å². The van der Waals surface area contributed by atoms with Crippen molar-refractivity contribution in [1.82, 2.24) is 10.3 Å². The van der Waals surface area contributed by atoms with Crippen molar-refractivity contribution in [2.45, 2.75) is 19.8 Å². The van der Waals surface area contributed by atoms with Crippen LogP contribution >= 0.6 is 0 Å². The molecule has 78 valence electrons. The molecule has 0 rings (SSSR count). The van der Waals surface area contributed by atoms with Crippen LogP contribution in [0.3, 0.4) is 0 Å². The van der Waals surface area contributed by atoms with E-state index >= 15 is 0 Å². The number of hydrogen-bond donors (Lipinski definition) is 2. The maximum Gasteiger partial charge on any atom is 0.255 e. The van der Waals surface area contributed by atoms with E-state index in [0.29, 0.717) is 12.5 Å². The zero-order valence-corrected chi connectivity index (χ0v) is 7.93. The Balaban J connectivity index is 4.05. The van der Waals surface area contributed by atoms with Gasteiger partial charge in [-0.05, 0) is 6.42 Å². The van der Waals surface area contributed by atoms with Crippen molar-refractivity contribution < 1.29 is 8.78 Å². The molecular weight excluding hydrogens is 178 g/mol. The van der Waals surface area contributed by atoms with Gasteiger partial charge < -0.3 is 4.90 Å². The number of rotatable bonds is 4. The van der Waals surface area contributed by atoms with Crippen molar-refractivity contribution in [2.24, 2.45) is 10.8 Å². The Hall–Kier alpha value is -0.910. The fourth-order valence-electron chi connectivity index (χ4n) is 0.788. The van der Waals surface area contributed by atoms with E-state index < -0.39 is 6.43 Å². The highest BCUT2D eigenvalue weighted by Gasteiger charge is 2.10. The van der Waals surface area contributed by atoms with Crippen molar-refractivity contribution in [3.8, 4) is 0 Å². The van der Waals surface area contributed by atoms with Crippen LogP contribution in [0.1, 0.15) is 13.3 Å². The number of alkyl halides is 2. The van der Waals surface area contributed by atoms with E-state index in [2.05, 4.69) is 10.4 Å². The zero-order chi connectivity index (χ0) is 10.3. The number of nitrogens with zero attached hydrogens (tertiary/aromatic N) is 2. The molecule has 4 nitrogen and oxygen atoms in total. The molecule has 0 radical (unpaired) electrons. The van der Waals surface area contributed by atoms with Crippen LogP contribution in [0, 0.1) is 0 Å². The summed E-state index contributed by atoms with van der Waals surface area (Å²) in [6.45, 7) is 2.16. The van der Waals surface area contributed by atoms with Crippen LogP contribution in [0.25, 0.3) is 0 Å². The maximum absolute atomic E-state index is 11.9. The van der Waals surface area contributed by atoms with Gasteiger partial charge in [-0.3, -0.25) is 10.4 Å². The van der Waals surface area contributed by atoms with Crippen LogP contribution in [-0.4, -0.2) is 37.4 Å². The van der Waals surface area contributed by atoms with E-state index in [9.17, 15) is 8.78 Å². The number of hydrogen-bond acceptors (Lipinski definition) is 2. The Bertz CT molecular complexity index is 161. The quantitative estimate of drug-likeness (QED) is 0.295. The Labute approximate surface area is 76.8 Å². The smallest absolute Gasteiger partial charge is 0.255 e. The highest BCUT2D eigenvalue weighted by molar-refractivity contribution is 5.79. The number of aliphatic imine (C=N–C) groups is 1. The Morgan fingerprint density at radius 2 is 2.23 bits per heavy atom. The van der Waals surface area contributed by atoms with Crippen LogP contribution < -0.4 is 11.3 Å². The van der Waals surface area contributed by atoms with Gasteiger partial charge in [-0.1, -0.05) is 6.92 Å². The molecule has 0 aliphatic rings. The van der Waals surface area contributed by atoms with Crippen LogP contribution in [0.4, 0.5) is 8.78 Å². The van der Waals surface area contributed by atoms with E-state index in [1.807, 2.05) is 6.92 Å². The van der Waals surface area contributed by atoms with Gasteiger partial charge in [0, 0.05) is 13.6 Å². The molecule has 0 heterocycles. The predicted molar refractivity (Wildman–Crippen MR) is 48.6 cm³/mol. The SMILES string of the molecule is CCCN=C(NN)N(C)CC(F)F. The lowest BCUT2D eigenvalue weighted by Crippen LogP contribution is -2.44. The largest absolute Gasteiger partial charge is 0.339 e. The molecule has 3 N–H and O–H groups in total. The molecular formula is C7H16F2N4. The Morgan fingerprint density at radius 3 is 2.62 bits per heavy atom. The van der Waals surface area contributed by atoms with Gasteiger partial charge >= 0.3 is 0 Å². The Kier molecular flexibility index (Phi) is 6.13. The fraction of sp³-hybridized carbons (Fsp3) is 0.857. The molecule has 0 amide bonds. The Morgan fingerprint density at radius 1 is 1.62 bits per heavy atom. The minimum atomic E-state index is -2.38. The van der Waals surface area contributed by atoms with Gasteiger partial charge in [0.1, 0.15) is 0 Å². The predicted octanol–water partition coefficient (Wildman–Crippen LogP) is 0.413. The first kappa shape index (κ1) is 12.1. The molecule has 0 atom stereocenters. The maximum atomic E-state index is 11.9. The molecule has 0 aromatic heterocycles. The van der Waals surface area contributed by atoms with Gasteiger partial charge in [0.2, 0.25) is 5.96 Å². The van der Waals surface area contributed by atoms with Gasteiger partial charge in [-0.15, -0.1) is 0 Å². The summed E-state index contributed by atoms with van der Waals surface area (Å²) >= 11 is 0. The molecule has 0 fully saturated rings. The molecule has 13 heavy (non-hydrogen) atoms. The normalized spacial score (nSPS) is 12.0. The number of halogens is 2. The summed E-state index contributed by atoms with van der Waals surface area (Å²) in [7, 11) is 1.51. The average molecular weight is 194 g/mol. The summed E-state index contributed by atoms with van der Waals surface area (Å²) in [4.78, 5) is 5.28. The number of nitrogens with one attached hydrogen (secondary N) is 1. The first-order valence-electron chi connectivity index (χ1n) is 4.12. The third-order valence-corrected chi connectivity index (χ3v) is 1.39. The standard InChI is InChI=1S/C7H16F2N4/c1-3-4-11-7(12-10)13(2)5-6(8)9/h6H,3-5,10H2,1-2H3,(H,11,12). The minimum Gasteiger partial charge on any atom is -0.339 e. The van der Waals surface area contributed by atoms with E-state index in [-0.39, 0.29) is 6.54 Å². The lowest BCUT2D eigenvalue weighted by atomic mass is 10.5. The monoisotopic (exact) mass is 194 g/mol. The number of hydrazine groups is 1. The van der Waals surface area contributed by atoms with Gasteiger partial charge in [-0.25, -0.2) is 14.6 Å². The van der Waals surface area contributed by atoms with Gasteiger partial charge in [0.25, 0.3) is 6.43 Å². The van der Waals surface area contributed by atoms with Crippen LogP contribution in [0.15, 0.2) is 4.99 Å². The molecule has 0 aliphatic heterocycles. The second-order valence-electron chi connectivity index (χ2n) is 2.62. The van der Waals surface area contributed by atoms with Gasteiger partial charge in [0.15, 0.2) is 0 Å². The third kappa shape index (κ3) is 5.35. The zero-order valence-electron chi connectivity index (χ0n) is 7.93. The minimum absolute atomic E-state index is 0.294. The first-order valence-corrected chi connectivity index (χ1v) is 4.12. The highest BCUT2D eigenvalue weighted by atomic mass is 19.3. The molecule has 6 heteroatoms. The second-order valence-corrected chi connectivity index (χ2v) is 2.62. The number of guanidine groups is 1. The molecule has 0 unspecified atom stereocenters. The summed E-state index contributed by atoms with van der Waals surface area (Å²) in [5, 5.41) is 0. The molecule has 0 spiro atoms. The highest BCUT2D eigenvalue weighted by Crippen LogP contribution is 1.95. The third-order valence-electron chi connectivity index (χ3n) is 1.39. The first-order chi connectivity index (χ1) is 6.11. The lowest BCUT2D eigenvalue weighted by Gasteiger charge is -2.19. The molecule has 0 aliphatic carbocycles. The topological polar surface area (TPSA) is 53.6 Å². The van der Waals surface area contributed by atoms with Crippen LogP contribution in [0.5, 0.6) is 0 Å². The summed E-state index contributed by atoms with van der Waals surface area (Å²) in [6.07, 6.45) is -1.53. The van der Waals surface area contributed by atoms with E-state index in [4.69, 9.17) is 5.84 Å². The summed E-state index contributed by atoms with van der Waals surface area (Å²) < 4.78 is 23.9. The van der Waals surface area contributed by atoms with Crippen molar-refractivity contribution in [3.63, 3.8) is 0 Å². The molecule has 0 aromatic carbocycles. The second kappa shape index (κ2) is 6.59. The lowest BCUT2D eigenvalue weighted by molar-refractivity contribution is 0.122. The molecule has 0 saturated carbocycles.